The summed E-state index contributed by atoms with van der Waals surface area (Å²) >= 11 is 5.92. The Labute approximate surface area is 182 Å². The number of rotatable bonds is 4. The Morgan fingerprint density at radius 2 is 1.35 bits per heavy atom. The molecule has 3 aromatic rings. The minimum Gasteiger partial charge on any atom is -0.475 e. The fourth-order valence-electron chi connectivity index (χ4n) is 2.80. The van der Waals surface area contributed by atoms with Crippen LogP contribution in [0.4, 0.5) is 13.2 Å². The second kappa shape index (κ2) is 9.96. The highest BCUT2D eigenvalue weighted by atomic mass is 35.5. The summed E-state index contributed by atoms with van der Waals surface area (Å²) in [5, 5.41) is 18.8. The maximum Gasteiger partial charge on any atom is 0.490 e. The molecule has 3 rings (SSSR count). The largest absolute Gasteiger partial charge is 0.490 e. The van der Waals surface area contributed by atoms with Crippen molar-refractivity contribution in [3.05, 3.63) is 95.0 Å². The van der Waals surface area contributed by atoms with E-state index < -0.39 is 23.8 Å². The van der Waals surface area contributed by atoms with Gasteiger partial charge in [0.1, 0.15) is 5.60 Å². The molecule has 0 bridgehead atoms. The SMILES string of the molecule is CC(O)(c1ccc(-c2ccccc2)cc1)C(N)c1ccc(Cl)cc1.O=C(O)C(F)(F)F. The van der Waals surface area contributed by atoms with Gasteiger partial charge in [-0.3, -0.25) is 0 Å². The zero-order valence-corrected chi connectivity index (χ0v) is 17.2. The lowest BCUT2D eigenvalue weighted by atomic mass is 9.84. The Hall–Kier alpha value is -2.87. The molecular weight excluding hydrogens is 431 g/mol. The van der Waals surface area contributed by atoms with E-state index in [0.717, 1.165) is 22.3 Å². The summed E-state index contributed by atoms with van der Waals surface area (Å²) in [5.41, 5.74) is 9.01. The van der Waals surface area contributed by atoms with Gasteiger partial charge in [0.25, 0.3) is 0 Å². The first-order chi connectivity index (χ1) is 14.4. The molecule has 0 spiro atoms. The number of benzene rings is 3. The van der Waals surface area contributed by atoms with E-state index >= 15 is 0 Å². The average molecular weight is 452 g/mol. The summed E-state index contributed by atoms with van der Waals surface area (Å²) in [6.45, 7) is 1.74. The van der Waals surface area contributed by atoms with Gasteiger partial charge in [-0.1, -0.05) is 78.3 Å². The Kier molecular flexibility index (Phi) is 7.84. The van der Waals surface area contributed by atoms with Crippen molar-refractivity contribution in [2.45, 2.75) is 24.7 Å². The third-order valence-corrected chi connectivity index (χ3v) is 4.91. The summed E-state index contributed by atoms with van der Waals surface area (Å²) < 4.78 is 31.7. The van der Waals surface area contributed by atoms with Crippen LogP contribution in [-0.2, 0) is 10.4 Å². The number of alkyl halides is 3. The molecule has 3 aromatic carbocycles. The average Bonchev–Trinajstić information content (AvgIpc) is 2.74. The number of hydrogen-bond acceptors (Lipinski definition) is 3. The zero-order valence-electron chi connectivity index (χ0n) is 16.5. The molecule has 0 aliphatic carbocycles. The normalized spacial score (nSPS) is 14.0. The van der Waals surface area contributed by atoms with E-state index in [1.54, 1.807) is 19.1 Å². The second-order valence-electron chi connectivity index (χ2n) is 6.92. The van der Waals surface area contributed by atoms with Crippen molar-refractivity contribution in [3.8, 4) is 11.1 Å². The van der Waals surface area contributed by atoms with Gasteiger partial charge >= 0.3 is 12.1 Å². The van der Waals surface area contributed by atoms with E-state index in [-0.39, 0.29) is 0 Å². The molecule has 2 atom stereocenters. The van der Waals surface area contributed by atoms with E-state index in [9.17, 15) is 18.3 Å². The summed E-state index contributed by atoms with van der Waals surface area (Å²) in [5.74, 6) is -2.76. The molecule has 0 amide bonds. The fraction of sp³-hybridized carbons (Fsp3) is 0.174. The highest BCUT2D eigenvalue weighted by Crippen LogP contribution is 2.34. The lowest BCUT2D eigenvalue weighted by Crippen LogP contribution is -2.35. The molecular formula is C23H21ClF3NO3. The van der Waals surface area contributed by atoms with Crippen LogP contribution < -0.4 is 5.73 Å². The van der Waals surface area contributed by atoms with Gasteiger partial charge in [0, 0.05) is 5.02 Å². The molecule has 0 radical (unpaired) electrons. The molecule has 0 fully saturated rings. The molecule has 4 N–H and O–H groups in total. The lowest BCUT2D eigenvalue weighted by molar-refractivity contribution is -0.192. The number of carboxylic acid groups (broad SMARTS) is 1. The van der Waals surface area contributed by atoms with E-state index in [4.69, 9.17) is 27.2 Å². The second-order valence-corrected chi connectivity index (χ2v) is 7.36. The maximum atomic E-state index is 11.0. The number of hydrogen-bond donors (Lipinski definition) is 3. The van der Waals surface area contributed by atoms with Crippen molar-refractivity contribution in [1.82, 2.24) is 0 Å². The molecule has 8 heteroatoms. The zero-order chi connectivity index (χ0) is 23.2. The number of carbonyl (C=O) groups is 1. The van der Waals surface area contributed by atoms with Crippen LogP contribution >= 0.6 is 11.6 Å². The van der Waals surface area contributed by atoms with Gasteiger partial charge in [-0.25, -0.2) is 4.79 Å². The quantitative estimate of drug-likeness (QED) is 0.485. The Morgan fingerprint density at radius 1 is 0.903 bits per heavy atom. The molecule has 0 heterocycles. The Morgan fingerprint density at radius 3 is 1.81 bits per heavy atom. The molecule has 31 heavy (non-hydrogen) atoms. The predicted molar refractivity (Wildman–Crippen MR) is 114 cm³/mol. The maximum absolute atomic E-state index is 11.0. The van der Waals surface area contributed by atoms with Crippen LogP contribution in [0.15, 0.2) is 78.9 Å². The van der Waals surface area contributed by atoms with Crippen LogP contribution in [0.25, 0.3) is 11.1 Å². The fourth-order valence-corrected chi connectivity index (χ4v) is 2.93. The number of nitrogens with two attached hydrogens (primary N) is 1. The highest BCUT2D eigenvalue weighted by molar-refractivity contribution is 6.30. The monoisotopic (exact) mass is 451 g/mol. The van der Waals surface area contributed by atoms with E-state index in [1.807, 2.05) is 54.6 Å². The Bertz CT molecular complexity index is 989. The number of halogens is 4. The van der Waals surface area contributed by atoms with Crippen molar-refractivity contribution >= 4 is 17.6 Å². The summed E-state index contributed by atoms with van der Waals surface area (Å²) in [4.78, 5) is 8.90. The number of carboxylic acids is 1. The highest BCUT2D eigenvalue weighted by Gasteiger charge is 2.38. The standard InChI is InChI=1S/C21H20ClNO.C2HF3O2/c1-21(24,20(23)17-9-13-19(22)14-10-17)18-11-7-16(8-12-18)15-5-3-2-4-6-15;3-2(4,5)1(6)7/h2-14,20,24H,23H2,1H3;(H,6,7). The van der Waals surface area contributed by atoms with E-state index in [2.05, 4.69) is 12.1 Å². The van der Waals surface area contributed by atoms with Crippen molar-refractivity contribution in [2.24, 2.45) is 5.73 Å². The van der Waals surface area contributed by atoms with Gasteiger partial charge in [0.05, 0.1) is 6.04 Å². The topological polar surface area (TPSA) is 83.5 Å². The lowest BCUT2D eigenvalue weighted by Gasteiger charge is -2.31. The van der Waals surface area contributed by atoms with Crippen molar-refractivity contribution < 1.29 is 28.2 Å². The van der Waals surface area contributed by atoms with E-state index in [0.29, 0.717) is 5.02 Å². The van der Waals surface area contributed by atoms with Gasteiger partial charge in [-0.15, -0.1) is 0 Å². The smallest absolute Gasteiger partial charge is 0.475 e. The molecule has 0 aliphatic heterocycles. The van der Waals surface area contributed by atoms with Gasteiger partial charge in [0.2, 0.25) is 0 Å². The molecule has 2 unspecified atom stereocenters. The Balaban J connectivity index is 0.000000423. The minimum atomic E-state index is -5.08. The summed E-state index contributed by atoms with van der Waals surface area (Å²) in [6, 6.07) is 24.7. The van der Waals surface area contributed by atoms with Crippen LogP contribution in [0.5, 0.6) is 0 Å². The van der Waals surface area contributed by atoms with Crippen LogP contribution in [0.2, 0.25) is 5.02 Å². The molecule has 0 aromatic heterocycles. The number of aliphatic hydroxyl groups is 1. The van der Waals surface area contributed by atoms with Crippen molar-refractivity contribution in [2.75, 3.05) is 0 Å². The third kappa shape index (κ3) is 6.55. The first-order valence-corrected chi connectivity index (χ1v) is 9.50. The van der Waals surface area contributed by atoms with E-state index in [1.165, 1.54) is 0 Å². The molecule has 164 valence electrons. The van der Waals surface area contributed by atoms with Crippen LogP contribution in [0.3, 0.4) is 0 Å². The third-order valence-electron chi connectivity index (χ3n) is 4.65. The predicted octanol–water partition coefficient (Wildman–Crippen LogP) is 5.55. The van der Waals surface area contributed by atoms with Gasteiger partial charge in [0.15, 0.2) is 0 Å². The van der Waals surface area contributed by atoms with Crippen LogP contribution in [0, 0.1) is 0 Å². The molecule has 4 nitrogen and oxygen atoms in total. The molecule has 0 aliphatic rings. The molecule has 0 saturated carbocycles. The van der Waals surface area contributed by atoms with Gasteiger partial charge in [-0.05, 0) is 41.3 Å². The van der Waals surface area contributed by atoms with Crippen molar-refractivity contribution in [1.29, 1.82) is 0 Å². The number of aliphatic carboxylic acids is 1. The first-order valence-electron chi connectivity index (χ1n) is 9.12. The van der Waals surface area contributed by atoms with Crippen molar-refractivity contribution in [3.63, 3.8) is 0 Å². The van der Waals surface area contributed by atoms with Gasteiger partial charge < -0.3 is 15.9 Å². The van der Waals surface area contributed by atoms with Crippen LogP contribution in [-0.4, -0.2) is 22.4 Å². The first kappa shape index (κ1) is 24.4. The van der Waals surface area contributed by atoms with Gasteiger partial charge in [-0.2, -0.15) is 13.2 Å². The molecule has 0 saturated heterocycles. The minimum absolute atomic E-state index is 0.544. The van der Waals surface area contributed by atoms with Crippen LogP contribution in [0.1, 0.15) is 24.1 Å². The summed E-state index contributed by atoms with van der Waals surface area (Å²) in [7, 11) is 0. The summed E-state index contributed by atoms with van der Waals surface area (Å²) in [6.07, 6.45) is -5.08.